The van der Waals surface area contributed by atoms with Gasteiger partial charge >= 0.3 is 0 Å². The molecule has 5 aromatic rings. The van der Waals surface area contributed by atoms with Crippen molar-refractivity contribution in [2.75, 3.05) is 0 Å². The summed E-state index contributed by atoms with van der Waals surface area (Å²) in [5.74, 6) is 0.310. The molecule has 0 radical (unpaired) electrons. The van der Waals surface area contributed by atoms with E-state index in [1.54, 1.807) is 11.3 Å². The average molecular weight is 470 g/mol. The quantitative estimate of drug-likeness (QED) is 0.363. The largest absolute Gasteiger partial charge is 0.390 e. The van der Waals surface area contributed by atoms with Gasteiger partial charge in [-0.05, 0) is 59.7 Å². The number of pyridine rings is 1. The van der Waals surface area contributed by atoms with Gasteiger partial charge in [-0.25, -0.2) is 9.97 Å². The van der Waals surface area contributed by atoms with Gasteiger partial charge in [-0.3, -0.25) is 0 Å². The van der Waals surface area contributed by atoms with Crippen molar-refractivity contribution in [1.29, 1.82) is 0 Å². The first-order chi connectivity index (χ1) is 16.2. The van der Waals surface area contributed by atoms with Gasteiger partial charge in [-0.1, -0.05) is 38.1 Å². The second-order valence-electron chi connectivity index (χ2n) is 10.1. The van der Waals surface area contributed by atoms with E-state index in [1.807, 2.05) is 23.7 Å². The van der Waals surface area contributed by atoms with E-state index in [1.165, 1.54) is 0 Å². The van der Waals surface area contributed by atoms with Crippen LogP contribution in [-0.2, 0) is 5.54 Å². The SMILES string of the molecule is CC(C)c1cc2ncc3cc(-c4ccsc4)c(-c4ccc([C@]5(N)C[C@](C)(O)C5)cc4)nc3n2n1. The summed E-state index contributed by atoms with van der Waals surface area (Å²) in [6.45, 7) is 6.10. The highest BCUT2D eigenvalue weighted by Crippen LogP contribution is 2.46. The molecule has 0 aliphatic heterocycles. The van der Waals surface area contributed by atoms with Gasteiger partial charge < -0.3 is 10.8 Å². The van der Waals surface area contributed by atoms with Gasteiger partial charge in [-0.15, -0.1) is 0 Å². The summed E-state index contributed by atoms with van der Waals surface area (Å²) in [4.78, 5) is 9.78. The molecule has 1 fully saturated rings. The zero-order valence-corrected chi connectivity index (χ0v) is 20.3. The Morgan fingerprint density at radius 2 is 1.85 bits per heavy atom. The van der Waals surface area contributed by atoms with E-state index in [0.29, 0.717) is 18.8 Å². The van der Waals surface area contributed by atoms with Gasteiger partial charge in [0.1, 0.15) is 0 Å². The molecule has 1 saturated carbocycles. The molecule has 172 valence electrons. The standard InChI is InChI=1S/C27H27N5OS/c1-16(2)22-11-23-29-12-19-10-21(18-8-9-34-13-18)24(30-25(19)32(23)31-22)17-4-6-20(7-5-17)27(28)14-26(3,33)15-27/h4-13,16,33H,14-15,28H2,1-3H3/t26-,27-. The molecule has 0 spiro atoms. The summed E-state index contributed by atoms with van der Waals surface area (Å²) in [5, 5.41) is 20.2. The smallest absolute Gasteiger partial charge is 0.165 e. The van der Waals surface area contributed by atoms with E-state index in [4.69, 9.17) is 15.8 Å². The normalized spacial score (nSPS) is 22.5. The van der Waals surface area contributed by atoms with Crippen molar-refractivity contribution < 1.29 is 5.11 Å². The molecule has 4 heterocycles. The molecule has 0 saturated heterocycles. The maximum Gasteiger partial charge on any atom is 0.165 e. The van der Waals surface area contributed by atoms with E-state index in [-0.39, 0.29) is 0 Å². The molecule has 1 aliphatic carbocycles. The number of hydrogen-bond acceptors (Lipinski definition) is 6. The highest BCUT2D eigenvalue weighted by atomic mass is 32.1. The van der Waals surface area contributed by atoms with Crippen LogP contribution in [0.5, 0.6) is 0 Å². The highest BCUT2D eigenvalue weighted by Gasteiger charge is 2.49. The second kappa shape index (κ2) is 7.43. The van der Waals surface area contributed by atoms with Crippen molar-refractivity contribution in [3.05, 3.63) is 70.7 Å². The summed E-state index contributed by atoms with van der Waals surface area (Å²) in [6, 6.07) is 14.6. The van der Waals surface area contributed by atoms with Crippen LogP contribution in [0.1, 0.15) is 50.8 Å². The van der Waals surface area contributed by atoms with E-state index in [2.05, 4.69) is 66.0 Å². The number of aromatic nitrogens is 4. The van der Waals surface area contributed by atoms with Crippen LogP contribution in [0.3, 0.4) is 0 Å². The lowest BCUT2D eigenvalue weighted by Crippen LogP contribution is -2.58. The van der Waals surface area contributed by atoms with Crippen LogP contribution < -0.4 is 5.73 Å². The molecule has 0 bridgehead atoms. The Bertz CT molecular complexity index is 1510. The molecule has 6 nitrogen and oxygen atoms in total. The Labute approximate surface area is 202 Å². The number of aliphatic hydroxyl groups is 1. The molecular formula is C27H27N5OS. The number of hydrogen-bond donors (Lipinski definition) is 2. The van der Waals surface area contributed by atoms with Crippen LogP contribution in [-0.4, -0.2) is 30.3 Å². The Morgan fingerprint density at radius 1 is 1.09 bits per heavy atom. The van der Waals surface area contributed by atoms with Crippen LogP contribution in [0, 0.1) is 0 Å². The van der Waals surface area contributed by atoms with E-state index < -0.39 is 11.1 Å². The topological polar surface area (TPSA) is 89.3 Å². The second-order valence-corrected chi connectivity index (χ2v) is 10.9. The summed E-state index contributed by atoms with van der Waals surface area (Å²) in [6.07, 6.45) is 3.01. The molecule has 7 heteroatoms. The van der Waals surface area contributed by atoms with Gasteiger partial charge in [0.15, 0.2) is 11.3 Å². The summed E-state index contributed by atoms with van der Waals surface area (Å²) < 4.78 is 1.85. The summed E-state index contributed by atoms with van der Waals surface area (Å²) in [5.41, 5.74) is 13.2. The first-order valence-corrected chi connectivity index (χ1v) is 12.5. The lowest BCUT2D eigenvalue weighted by Gasteiger charge is -2.49. The fraction of sp³-hybridized carbons (Fsp3) is 0.296. The molecule has 1 aliphatic rings. The van der Waals surface area contributed by atoms with E-state index in [0.717, 1.165) is 50.3 Å². The molecule has 0 amide bonds. The molecule has 0 atom stereocenters. The van der Waals surface area contributed by atoms with Crippen molar-refractivity contribution in [3.63, 3.8) is 0 Å². The highest BCUT2D eigenvalue weighted by molar-refractivity contribution is 7.08. The first-order valence-electron chi connectivity index (χ1n) is 11.6. The molecule has 34 heavy (non-hydrogen) atoms. The molecule has 1 aromatic carbocycles. The zero-order valence-electron chi connectivity index (χ0n) is 19.5. The predicted octanol–water partition coefficient (Wildman–Crippen LogP) is 5.50. The van der Waals surface area contributed by atoms with Gasteiger partial charge in [0, 0.05) is 34.3 Å². The van der Waals surface area contributed by atoms with Crippen molar-refractivity contribution in [2.45, 2.75) is 50.7 Å². The number of nitrogens with zero attached hydrogens (tertiary/aromatic N) is 4. The Kier molecular flexibility index (Phi) is 4.68. The fourth-order valence-electron chi connectivity index (χ4n) is 5.17. The van der Waals surface area contributed by atoms with Crippen LogP contribution >= 0.6 is 11.3 Å². The Balaban J connectivity index is 1.52. The maximum absolute atomic E-state index is 10.2. The number of nitrogens with two attached hydrogens (primary N) is 1. The van der Waals surface area contributed by atoms with Crippen molar-refractivity contribution in [3.8, 4) is 22.4 Å². The van der Waals surface area contributed by atoms with Gasteiger partial charge in [-0.2, -0.15) is 21.0 Å². The predicted molar refractivity (Wildman–Crippen MR) is 137 cm³/mol. The maximum atomic E-state index is 10.2. The zero-order chi connectivity index (χ0) is 23.7. The van der Waals surface area contributed by atoms with Gasteiger partial charge in [0.05, 0.1) is 17.0 Å². The van der Waals surface area contributed by atoms with Crippen LogP contribution in [0.15, 0.2) is 59.4 Å². The van der Waals surface area contributed by atoms with E-state index >= 15 is 0 Å². The number of fused-ring (bicyclic) bond motifs is 3. The molecule has 3 N–H and O–H groups in total. The minimum Gasteiger partial charge on any atom is -0.390 e. The van der Waals surface area contributed by atoms with Crippen LogP contribution in [0.2, 0.25) is 0 Å². The van der Waals surface area contributed by atoms with Crippen molar-refractivity contribution >= 4 is 28.0 Å². The lowest BCUT2D eigenvalue weighted by molar-refractivity contribution is -0.0738. The third-order valence-corrected chi connectivity index (χ3v) is 7.51. The fourth-order valence-corrected chi connectivity index (χ4v) is 5.82. The summed E-state index contributed by atoms with van der Waals surface area (Å²) in [7, 11) is 0. The average Bonchev–Trinajstić information content (AvgIpc) is 3.47. The van der Waals surface area contributed by atoms with Crippen LogP contribution in [0.4, 0.5) is 0 Å². The third-order valence-electron chi connectivity index (χ3n) is 6.83. The Hall–Kier alpha value is -3.13. The number of rotatable bonds is 4. The van der Waals surface area contributed by atoms with Crippen molar-refractivity contribution in [2.24, 2.45) is 5.73 Å². The monoisotopic (exact) mass is 469 g/mol. The van der Waals surface area contributed by atoms with Gasteiger partial charge in [0.2, 0.25) is 0 Å². The first kappa shape index (κ1) is 21.4. The van der Waals surface area contributed by atoms with Crippen molar-refractivity contribution in [1.82, 2.24) is 19.6 Å². The summed E-state index contributed by atoms with van der Waals surface area (Å²) >= 11 is 1.67. The van der Waals surface area contributed by atoms with Gasteiger partial charge in [0.25, 0.3) is 0 Å². The number of benzene rings is 1. The van der Waals surface area contributed by atoms with E-state index in [9.17, 15) is 5.11 Å². The molecular weight excluding hydrogens is 442 g/mol. The minimum atomic E-state index is -0.683. The minimum absolute atomic E-state index is 0.310. The van der Waals surface area contributed by atoms with Crippen LogP contribution in [0.25, 0.3) is 39.1 Å². The Morgan fingerprint density at radius 3 is 2.50 bits per heavy atom. The lowest BCUT2D eigenvalue weighted by atomic mass is 9.63. The third kappa shape index (κ3) is 3.43. The number of thiophene rings is 1. The molecule has 6 rings (SSSR count). The molecule has 0 unspecified atom stereocenters. The molecule has 4 aromatic heterocycles.